The normalized spacial score (nSPS) is 11.6. The molecule has 0 aliphatic carbocycles. The maximum Gasteiger partial charge on any atom is 0.338 e. The van der Waals surface area contributed by atoms with Gasteiger partial charge in [0.25, 0.3) is 5.91 Å². The maximum absolute atomic E-state index is 12.3. The molecule has 0 fully saturated rings. The fourth-order valence-corrected chi connectivity index (χ4v) is 2.21. The van der Waals surface area contributed by atoms with Gasteiger partial charge in [0.2, 0.25) is 0 Å². The van der Waals surface area contributed by atoms with Gasteiger partial charge in [-0.05, 0) is 55.3 Å². The zero-order valence-corrected chi connectivity index (χ0v) is 14.3. The van der Waals surface area contributed by atoms with Crippen LogP contribution < -0.4 is 11.1 Å². The van der Waals surface area contributed by atoms with Crippen LogP contribution in [0.25, 0.3) is 0 Å². The van der Waals surface area contributed by atoms with Gasteiger partial charge in [-0.2, -0.15) is 0 Å². The third kappa shape index (κ3) is 4.49. The molecule has 1 amide bonds. The van der Waals surface area contributed by atoms with E-state index in [-0.39, 0.29) is 0 Å². The number of halogens is 1. The van der Waals surface area contributed by atoms with Crippen LogP contribution in [-0.4, -0.2) is 18.0 Å². The van der Waals surface area contributed by atoms with Crippen molar-refractivity contribution in [2.75, 3.05) is 11.1 Å². The zero-order chi connectivity index (χ0) is 17.7. The second kappa shape index (κ2) is 7.84. The molecule has 0 bridgehead atoms. The zero-order valence-electron chi connectivity index (χ0n) is 13.5. The summed E-state index contributed by atoms with van der Waals surface area (Å²) >= 11 is 6.04. The van der Waals surface area contributed by atoms with Gasteiger partial charge < -0.3 is 15.8 Å². The molecule has 0 heterocycles. The molecule has 0 spiro atoms. The number of carbonyl (C=O) groups excluding carboxylic acids is 2. The van der Waals surface area contributed by atoms with Crippen LogP contribution in [0.15, 0.2) is 42.5 Å². The third-order valence-electron chi connectivity index (χ3n) is 3.50. The van der Waals surface area contributed by atoms with Crippen molar-refractivity contribution in [1.82, 2.24) is 0 Å². The maximum atomic E-state index is 12.3. The average Bonchev–Trinajstić information content (AvgIpc) is 2.56. The fourth-order valence-electron chi connectivity index (χ4n) is 2.03. The van der Waals surface area contributed by atoms with Crippen LogP contribution >= 0.6 is 11.6 Å². The summed E-state index contributed by atoms with van der Waals surface area (Å²) in [6.45, 7) is 3.64. The van der Waals surface area contributed by atoms with Crippen LogP contribution in [0.2, 0.25) is 5.02 Å². The quantitative estimate of drug-likeness (QED) is 0.637. The van der Waals surface area contributed by atoms with E-state index in [1.807, 2.05) is 6.92 Å². The van der Waals surface area contributed by atoms with Crippen LogP contribution in [0.3, 0.4) is 0 Å². The van der Waals surface area contributed by atoms with Gasteiger partial charge in [0.15, 0.2) is 6.10 Å². The molecule has 2 aromatic carbocycles. The Kier molecular flexibility index (Phi) is 5.82. The molecular weight excluding hydrogens is 328 g/mol. The largest absolute Gasteiger partial charge is 0.449 e. The molecule has 5 nitrogen and oxygen atoms in total. The SMILES string of the molecule is CCC(OC(=O)c1ccc(N)cc1)C(=O)Nc1ccc(C)c(Cl)c1. The molecule has 2 rings (SSSR count). The third-order valence-corrected chi connectivity index (χ3v) is 3.91. The highest BCUT2D eigenvalue weighted by Gasteiger charge is 2.22. The lowest BCUT2D eigenvalue weighted by Crippen LogP contribution is -2.32. The number of hydrogen-bond acceptors (Lipinski definition) is 4. The van der Waals surface area contributed by atoms with Crippen LogP contribution in [0.5, 0.6) is 0 Å². The summed E-state index contributed by atoms with van der Waals surface area (Å²) in [5, 5.41) is 3.26. The number of nitrogen functional groups attached to an aromatic ring is 1. The van der Waals surface area contributed by atoms with Gasteiger partial charge in [-0.3, -0.25) is 4.79 Å². The topological polar surface area (TPSA) is 81.4 Å². The molecule has 0 saturated heterocycles. The van der Waals surface area contributed by atoms with Gasteiger partial charge in [0, 0.05) is 16.4 Å². The first-order chi connectivity index (χ1) is 11.4. The summed E-state index contributed by atoms with van der Waals surface area (Å²) in [6, 6.07) is 11.5. The Balaban J connectivity index is 2.04. The second-order valence-corrected chi connectivity index (χ2v) is 5.78. The Hall–Kier alpha value is -2.53. The number of rotatable bonds is 5. The molecule has 126 valence electrons. The van der Waals surface area contributed by atoms with Crippen LogP contribution in [0.1, 0.15) is 29.3 Å². The number of benzene rings is 2. The van der Waals surface area contributed by atoms with Crippen LogP contribution in [0.4, 0.5) is 11.4 Å². The van der Waals surface area contributed by atoms with Crippen molar-refractivity contribution in [2.24, 2.45) is 0 Å². The summed E-state index contributed by atoms with van der Waals surface area (Å²) < 4.78 is 5.29. The van der Waals surface area contributed by atoms with Crippen molar-refractivity contribution in [2.45, 2.75) is 26.4 Å². The van der Waals surface area contributed by atoms with Crippen molar-refractivity contribution in [1.29, 1.82) is 0 Å². The van der Waals surface area contributed by atoms with Crippen molar-refractivity contribution in [3.63, 3.8) is 0 Å². The Bertz CT molecular complexity index is 744. The van der Waals surface area contributed by atoms with E-state index in [4.69, 9.17) is 22.1 Å². The Morgan fingerprint density at radius 1 is 1.21 bits per heavy atom. The number of nitrogens with one attached hydrogen (secondary N) is 1. The molecule has 24 heavy (non-hydrogen) atoms. The molecule has 6 heteroatoms. The van der Waals surface area contributed by atoms with Crippen molar-refractivity contribution >= 4 is 34.9 Å². The van der Waals surface area contributed by atoms with E-state index in [2.05, 4.69) is 5.32 Å². The van der Waals surface area contributed by atoms with E-state index in [0.717, 1.165) is 5.56 Å². The number of esters is 1. The molecule has 2 aromatic rings. The smallest absolute Gasteiger partial charge is 0.338 e. The molecule has 1 unspecified atom stereocenters. The number of anilines is 2. The first-order valence-corrected chi connectivity index (χ1v) is 7.92. The molecule has 0 radical (unpaired) electrons. The van der Waals surface area contributed by atoms with Gasteiger partial charge in [0.05, 0.1) is 5.56 Å². The minimum absolute atomic E-state index is 0.342. The average molecular weight is 347 g/mol. The van der Waals surface area contributed by atoms with E-state index in [1.54, 1.807) is 49.4 Å². The van der Waals surface area contributed by atoms with Gasteiger partial charge >= 0.3 is 5.97 Å². The number of ether oxygens (including phenoxy) is 1. The van der Waals surface area contributed by atoms with E-state index >= 15 is 0 Å². The number of hydrogen-bond donors (Lipinski definition) is 2. The van der Waals surface area contributed by atoms with Crippen LogP contribution in [-0.2, 0) is 9.53 Å². The number of amides is 1. The molecule has 1 atom stereocenters. The second-order valence-electron chi connectivity index (χ2n) is 5.38. The van der Waals surface area contributed by atoms with Crippen molar-refractivity contribution in [3.8, 4) is 0 Å². The first-order valence-electron chi connectivity index (χ1n) is 7.54. The summed E-state index contributed by atoms with van der Waals surface area (Å²) in [6.07, 6.45) is -0.540. The van der Waals surface area contributed by atoms with Crippen molar-refractivity contribution < 1.29 is 14.3 Å². The minimum Gasteiger partial charge on any atom is -0.449 e. The van der Waals surface area contributed by atoms with Crippen LogP contribution in [0, 0.1) is 6.92 Å². The van der Waals surface area contributed by atoms with E-state index < -0.39 is 18.0 Å². The highest BCUT2D eigenvalue weighted by molar-refractivity contribution is 6.31. The molecule has 0 saturated carbocycles. The van der Waals surface area contributed by atoms with Gasteiger partial charge in [-0.25, -0.2) is 4.79 Å². The summed E-state index contributed by atoms with van der Waals surface area (Å²) in [5.74, 6) is -0.972. The molecule has 0 aliphatic rings. The van der Waals surface area contributed by atoms with Gasteiger partial charge in [-0.15, -0.1) is 0 Å². The summed E-state index contributed by atoms with van der Waals surface area (Å²) in [7, 11) is 0. The van der Waals surface area contributed by atoms with Crippen molar-refractivity contribution in [3.05, 3.63) is 58.6 Å². The monoisotopic (exact) mass is 346 g/mol. The minimum atomic E-state index is -0.893. The fraction of sp³-hybridized carbons (Fsp3) is 0.222. The van der Waals surface area contributed by atoms with Gasteiger partial charge in [-0.1, -0.05) is 24.6 Å². The number of aryl methyl sites for hydroxylation is 1. The first kappa shape index (κ1) is 17.8. The predicted octanol–water partition coefficient (Wildman–Crippen LogP) is 3.80. The number of nitrogens with two attached hydrogens (primary N) is 1. The summed E-state index contributed by atoms with van der Waals surface area (Å²) in [4.78, 5) is 24.4. The van der Waals surface area contributed by atoms with E-state index in [0.29, 0.717) is 28.4 Å². The Morgan fingerprint density at radius 3 is 2.46 bits per heavy atom. The highest BCUT2D eigenvalue weighted by atomic mass is 35.5. The Morgan fingerprint density at radius 2 is 1.88 bits per heavy atom. The lowest BCUT2D eigenvalue weighted by atomic mass is 10.2. The van der Waals surface area contributed by atoms with E-state index in [9.17, 15) is 9.59 Å². The predicted molar refractivity (Wildman–Crippen MR) is 95.2 cm³/mol. The standard InChI is InChI=1S/C18H19ClN2O3/c1-3-16(24-18(23)12-5-7-13(20)8-6-12)17(22)21-14-9-4-11(2)15(19)10-14/h4-10,16H,3,20H2,1-2H3,(H,21,22). The lowest BCUT2D eigenvalue weighted by molar-refractivity contribution is -0.124. The molecule has 3 N–H and O–H groups in total. The Labute approximate surface area is 145 Å². The number of carbonyl (C=O) groups is 2. The lowest BCUT2D eigenvalue weighted by Gasteiger charge is -2.16. The molecule has 0 aliphatic heterocycles. The highest BCUT2D eigenvalue weighted by Crippen LogP contribution is 2.20. The summed E-state index contributed by atoms with van der Waals surface area (Å²) in [5.41, 5.74) is 7.94. The van der Waals surface area contributed by atoms with Gasteiger partial charge in [0.1, 0.15) is 0 Å². The van der Waals surface area contributed by atoms with E-state index in [1.165, 1.54) is 0 Å². The molecule has 0 aromatic heterocycles. The molecular formula is C18H19ClN2O3.